The Balaban J connectivity index is 3.63. The first-order chi connectivity index (χ1) is 5.85. The average molecular weight is 202 g/mol. The lowest BCUT2D eigenvalue weighted by molar-refractivity contribution is 0.199. The summed E-state index contributed by atoms with van der Waals surface area (Å²) in [6.45, 7) is 12.5. The van der Waals surface area contributed by atoms with Crippen molar-refractivity contribution in [2.24, 2.45) is 0 Å². The van der Waals surface area contributed by atoms with Gasteiger partial charge < -0.3 is 5.11 Å². The summed E-state index contributed by atoms with van der Waals surface area (Å²) in [4.78, 5) is 0. The van der Waals surface area contributed by atoms with Gasteiger partial charge in [0.1, 0.15) is 0 Å². The number of aliphatic hydroxyl groups excluding tert-OH is 1. The highest BCUT2D eigenvalue weighted by molar-refractivity contribution is 8.00. The van der Waals surface area contributed by atoms with Crippen LogP contribution in [0.1, 0.15) is 40.5 Å². The van der Waals surface area contributed by atoms with Gasteiger partial charge in [-0.05, 0) is 12.8 Å². The number of hydrogen-bond acceptors (Lipinski definition) is 2. The van der Waals surface area contributed by atoms with E-state index in [9.17, 15) is 5.11 Å². The number of hydrogen-bond donors (Lipinski definition) is 1. The third-order valence-electron chi connectivity index (χ3n) is 1.73. The highest BCUT2D eigenvalue weighted by atomic mass is 32.2. The van der Waals surface area contributed by atoms with Crippen LogP contribution >= 0.6 is 11.8 Å². The van der Waals surface area contributed by atoms with E-state index in [1.165, 1.54) is 0 Å². The zero-order chi connectivity index (χ0) is 10.5. The quantitative estimate of drug-likeness (QED) is 0.691. The second-order valence-corrected chi connectivity index (χ2v) is 6.23. The van der Waals surface area contributed by atoms with E-state index in [1.807, 2.05) is 0 Å². The molecule has 0 amide bonds. The molecule has 0 saturated heterocycles. The Morgan fingerprint density at radius 1 is 1.46 bits per heavy atom. The molecule has 78 valence electrons. The van der Waals surface area contributed by atoms with E-state index in [4.69, 9.17) is 0 Å². The van der Waals surface area contributed by atoms with E-state index in [0.29, 0.717) is 0 Å². The lowest BCUT2D eigenvalue weighted by atomic mass is 10.1. The van der Waals surface area contributed by atoms with Crippen LogP contribution in [0.2, 0.25) is 0 Å². The molecule has 0 fully saturated rings. The van der Waals surface area contributed by atoms with Crippen molar-refractivity contribution in [2.75, 3.05) is 5.75 Å². The molecular weight excluding hydrogens is 180 g/mol. The monoisotopic (exact) mass is 202 g/mol. The summed E-state index contributed by atoms with van der Waals surface area (Å²) < 4.78 is 0.245. The first-order valence-corrected chi connectivity index (χ1v) is 5.82. The minimum absolute atomic E-state index is 0.225. The Kier molecular flexibility index (Phi) is 5.73. The van der Waals surface area contributed by atoms with Gasteiger partial charge in [-0.15, -0.1) is 0 Å². The van der Waals surface area contributed by atoms with Crippen molar-refractivity contribution in [3.8, 4) is 0 Å². The van der Waals surface area contributed by atoms with Crippen LogP contribution in [-0.2, 0) is 0 Å². The van der Waals surface area contributed by atoms with Crippen molar-refractivity contribution < 1.29 is 5.11 Å². The standard InChI is InChI=1S/C11H22OS/c1-6-9(2)7-10(12)8-13-11(3,4)5/h10,12H,2,6-8H2,1,3-5H3. The molecule has 1 atom stereocenters. The SMILES string of the molecule is C=C(CC)CC(O)CSC(C)(C)C. The second kappa shape index (κ2) is 5.71. The molecule has 0 aromatic carbocycles. The first kappa shape index (κ1) is 13.1. The molecule has 0 aliphatic rings. The summed E-state index contributed by atoms with van der Waals surface area (Å²) in [5.74, 6) is 0.808. The van der Waals surface area contributed by atoms with Crippen LogP contribution in [0.5, 0.6) is 0 Å². The third-order valence-corrected chi connectivity index (χ3v) is 3.15. The lowest BCUT2D eigenvalue weighted by Gasteiger charge is -2.20. The zero-order valence-electron chi connectivity index (χ0n) is 9.26. The predicted octanol–water partition coefficient (Wildman–Crippen LogP) is 3.24. The van der Waals surface area contributed by atoms with Gasteiger partial charge in [0.15, 0.2) is 0 Å². The molecule has 0 aromatic heterocycles. The van der Waals surface area contributed by atoms with Crippen molar-refractivity contribution in [1.82, 2.24) is 0 Å². The second-order valence-electron chi connectivity index (χ2n) is 4.38. The Morgan fingerprint density at radius 3 is 2.38 bits per heavy atom. The number of thioether (sulfide) groups is 1. The Labute approximate surface area is 86.6 Å². The van der Waals surface area contributed by atoms with Crippen molar-refractivity contribution >= 4 is 11.8 Å². The summed E-state index contributed by atoms with van der Waals surface area (Å²) >= 11 is 1.80. The van der Waals surface area contributed by atoms with Crippen LogP contribution in [0, 0.1) is 0 Å². The van der Waals surface area contributed by atoms with Gasteiger partial charge >= 0.3 is 0 Å². The van der Waals surface area contributed by atoms with E-state index < -0.39 is 0 Å². The van der Waals surface area contributed by atoms with Gasteiger partial charge in [0.25, 0.3) is 0 Å². The van der Waals surface area contributed by atoms with Crippen LogP contribution in [0.15, 0.2) is 12.2 Å². The van der Waals surface area contributed by atoms with E-state index in [0.717, 1.165) is 24.2 Å². The van der Waals surface area contributed by atoms with Crippen molar-refractivity contribution in [3.05, 3.63) is 12.2 Å². The van der Waals surface area contributed by atoms with Crippen LogP contribution in [-0.4, -0.2) is 21.7 Å². The topological polar surface area (TPSA) is 20.2 Å². The van der Waals surface area contributed by atoms with Crippen LogP contribution in [0.4, 0.5) is 0 Å². The highest BCUT2D eigenvalue weighted by Gasteiger charge is 2.14. The fourth-order valence-corrected chi connectivity index (χ4v) is 1.69. The van der Waals surface area contributed by atoms with Gasteiger partial charge in [-0.1, -0.05) is 39.8 Å². The molecule has 0 saturated carbocycles. The largest absolute Gasteiger partial charge is 0.392 e. The van der Waals surface area contributed by atoms with E-state index >= 15 is 0 Å². The molecule has 0 radical (unpaired) electrons. The smallest absolute Gasteiger partial charge is 0.0667 e. The van der Waals surface area contributed by atoms with E-state index in [2.05, 4.69) is 34.3 Å². The van der Waals surface area contributed by atoms with Crippen molar-refractivity contribution in [2.45, 2.75) is 51.4 Å². The molecule has 1 N–H and O–H groups in total. The molecule has 0 spiro atoms. The zero-order valence-corrected chi connectivity index (χ0v) is 10.1. The molecule has 0 aliphatic heterocycles. The fourth-order valence-electron chi connectivity index (χ4n) is 0.883. The van der Waals surface area contributed by atoms with Gasteiger partial charge in [-0.25, -0.2) is 0 Å². The summed E-state index contributed by atoms with van der Waals surface area (Å²) in [5.41, 5.74) is 1.14. The summed E-state index contributed by atoms with van der Waals surface area (Å²) in [6, 6.07) is 0. The van der Waals surface area contributed by atoms with Crippen molar-refractivity contribution in [3.63, 3.8) is 0 Å². The molecule has 0 bridgehead atoms. The molecule has 0 heterocycles. The predicted molar refractivity (Wildman–Crippen MR) is 62.3 cm³/mol. The lowest BCUT2D eigenvalue weighted by Crippen LogP contribution is -2.17. The fraction of sp³-hybridized carbons (Fsp3) is 0.818. The van der Waals surface area contributed by atoms with E-state index in [-0.39, 0.29) is 10.9 Å². The Bertz CT molecular complexity index is 158. The molecular formula is C11H22OS. The summed E-state index contributed by atoms with van der Waals surface area (Å²) in [6.07, 6.45) is 1.49. The van der Waals surface area contributed by atoms with Gasteiger partial charge in [0.2, 0.25) is 0 Å². The van der Waals surface area contributed by atoms with Gasteiger partial charge in [-0.2, -0.15) is 11.8 Å². The summed E-state index contributed by atoms with van der Waals surface area (Å²) in [5, 5.41) is 9.63. The van der Waals surface area contributed by atoms with Crippen LogP contribution in [0.25, 0.3) is 0 Å². The minimum Gasteiger partial charge on any atom is -0.392 e. The molecule has 1 unspecified atom stereocenters. The van der Waals surface area contributed by atoms with Gasteiger partial charge in [0.05, 0.1) is 6.10 Å². The molecule has 0 aromatic rings. The molecule has 2 heteroatoms. The minimum atomic E-state index is -0.225. The maximum Gasteiger partial charge on any atom is 0.0667 e. The Morgan fingerprint density at radius 2 is 2.00 bits per heavy atom. The van der Waals surface area contributed by atoms with Crippen molar-refractivity contribution in [1.29, 1.82) is 0 Å². The average Bonchev–Trinajstić information content (AvgIpc) is 1.99. The van der Waals surface area contributed by atoms with Gasteiger partial charge in [0, 0.05) is 10.5 Å². The molecule has 0 rings (SSSR count). The first-order valence-electron chi connectivity index (χ1n) is 4.84. The normalized spacial score (nSPS) is 14.2. The molecule has 0 aliphatic carbocycles. The third kappa shape index (κ3) is 8.38. The number of rotatable bonds is 5. The maximum atomic E-state index is 9.63. The molecule has 1 nitrogen and oxygen atoms in total. The summed E-state index contributed by atoms with van der Waals surface area (Å²) in [7, 11) is 0. The van der Waals surface area contributed by atoms with Gasteiger partial charge in [-0.3, -0.25) is 0 Å². The number of aliphatic hydroxyl groups is 1. The molecule has 13 heavy (non-hydrogen) atoms. The maximum absolute atomic E-state index is 9.63. The highest BCUT2D eigenvalue weighted by Crippen LogP contribution is 2.25. The van der Waals surface area contributed by atoms with E-state index in [1.54, 1.807) is 11.8 Å². The van der Waals surface area contributed by atoms with Crippen LogP contribution < -0.4 is 0 Å². The Hall–Kier alpha value is 0.0500. The van der Waals surface area contributed by atoms with Crippen LogP contribution in [0.3, 0.4) is 0 Å².